The monoisotopic (exact) mass is 385 g/mol. The summed E-state index contributed by atoms with van der Waals surface area (Å²) in [6.45, 7) is 5.86. The smallest absolute Gasteiger partial charge is 0.338 e. The largest absolute Gasteiger partial charge is 0.497 e. The number of ether oxygens (including phenoxy) is 3. The summed E-state index contributed by atoms with van der Waals surface area (Å²) < 4.78 is 15.9. The van der Waals surface area contributed by atoms with Gasteiger partial charge < -0.3 is 19.5 Å². The van der Waals surface area contributed by atoms with Crippen molar-refractivity contribution in [3.63, 3.8) is 0 Å². The molecule has 0 saturated heterocycles. The third kappa shape index (κ3) is 6.61. The van der Waals surface area contributed by atoms with Gasteiger partial charge in [0.15, 0.2) is 6.10 Å². The fraction of sp³-hybridized carbons (Fsp3) is 0.364. The van der Waals surface area contributed by atoms with E-state index in [1.165, 1.54) is 0 Å². The highest BCUT2D eigenvalue weighted by atomic mass is 16.5. The van der Waals surface area contributed by atoms with Crippen molar-refractivity contribution in [3.05, 3.63) is 59.7 Å². The van der Waals surface area contributed by atoms with Gasteiger partial charge in [-0.3, -0.25) is 4.79 Å². The van der Waals surface area contributed by atoms with Crippen LogP contribution in [-0.4, -0.2) is 37.7 Å². The van der Waals surface area contributed by atoms with Gasteiger partial charge in [0.1, 0.15) is 11.5 Å². The first-order chi connectivity index (χ1) is 13.4. The van der Waals surface area contributed by atoms with Crippen LogP contribution < -0.4 is 14.8 Å². The van der Waals surface area contributed by atoms with E-state index in [4.69, 9.17) is 14.2 Å². The molecule has 0 bridgehead atoms. The van der Waals surface area contributed by atoms with Crippen LogP contribution in [0.15, 0.2) is 48.5 Å². The summed E-state index contributed by atoms with van der Waals surface area (Å²) in [4.78, 5) is 24.3. The second kappa shape index (κ2) is 10.3. The van der Waals surface area contributed by atoms with Crippen LogP contribution >= 0.6 is 0 Å². The molecule has 150 valence electrons. The molecule has 1 N–H and O–H groups in total. The van der Waals surface area contributed by atoms with Crippen LogP contribution in [-0.2, 0) is 16.0 Å². The van der Waals surface area contributed by atoms with E-state index in [0.29, 0.717) is 24.3 Å². The fourth-order valence-electron chi connectivity index (χ4n) is 2.49. The maximum atomic E-state index is 12.2. The first-order valence-electron chi connectivity index (χ1n) is 9.27. The second-order valence-electron chi connectivity index (χ2n) is 6.63. The topological polar surface area (TPSA) is 73.9 Å². The predicted octanol–water partition coefficient (Wildman–Crippen LogP) is 3.39. The van der Waals surface area contributed by atoms with Crippen LogP contribution in [0.4, 0.5) is 0 Å². The summed E-state index contributed by atoms with van der Waals surface area (Å²) in [5.41, 5.74) is 1.45. The van der Waals surface area contributed by atoms with Gasteiger partial charge in [0.05, 0.1) is 18.8 Å². The summed E-state index contributed by atoms with van der Waals surface area (Å²) in [5, 5.41) is 2.78. The Labute approximate surface area is 165 Å². The number of amides is 1. The minimum atomic E-state index is -0.880. The molecular formula is C22H27NO5. The summed E-state index contributed by atoms with van der Waals surface area (Å²) in [6, 6.07) is 14.3. The van der Waals surface area contributed by atoms with Gasteiger partial charge in [-0.15, -0.1) is 0 Å². The molecule has 0 unspecified atom stereocenters. The van der Waals surface area contributed by atoms with Gasteiger partial charge in [0.25, 0.3) is 5.91 Å². The Morgan fingerprint density at radius 2 is 1.54 bits per heavy atom. The molecule has 1 atom stereocenters. The molecule has 1 amide bonds. The minimum Gasteiger partial charge on any atom is -0.497 e. The van der Waals surface area contributed by atoms with Crippen molar-refractivity contribution in [2.75, 3.05) is 13.7 Å². The molecule has 0 fully saturated rings. The SMILES string of the molecule is COc1ccc(CCNC(=O)[C@@H](C)OC(=O)c2ccc(OC(C)C)cc2)cc1. The lowest BCUT2D eigenvalue weighted by Gasteiger charge is -2.14. The van der Waals surface area contributed by atoms with E-state index in [-0.39, 0.29) is 12.0 Å². The van der Waals surface area contributed by atoms with Crippen LogP contribution in [0.25, 0.3) is 0 Å². The molecule has 28 heavy (non-hydrogen) atoms. The Morgan fingerprint density at radius 1 is 0.929 bits per heavy atom. The Morgan fingerprint density at radius 3 is 2.11 bits per heavy atom. The van der Waals surface area contributed by atoms with Crippen molar-refractivity contribution in [2.45, 2.75) is 39.4 Å². The number of carbonyl (C=O) groups is 2. The normalized spacial score (nSPS) is 11.6. The molecule has 2 aromatic rings. The van der Waals surface area contributed by atoms with E-state index in [1.807, 2.05) is 38.1 Å². The van der Waals surface area contributed by atoms with Crippen LogP contribution in [0.3, 0.4) is 0 Å². The zero-order valence-electron chi connectivity index (χ0n) is 16.7. The van der Waals surface area contributed by atoms with Crippen LogP contribution in [0.2, 0.25) is 0 Å². The summed E-state index contributed by atoms with van der Waals surface area (Å²) in [7, 11) is 1.62. The molecule has 0 heterocycles. The average molecular weight is 385 g/mol. The van der Waals surface area contributed by atoms with Gasteiger partial charge in [0.2, 0.25) is 0 Å². The molecule has 0 radical (unpaired) electrons. The standard InChI is InChI=1S/C22H27NO5/c1-15(2)27-20-11-7-18(8-12-20)22(25)28-16(3)21(24)23-14-13-17-5-9-19(26-4)10-6-17/h5-12,15-16H,13-14H2,1-4H3,(H,23,24)/t16-/m1/s1. The number of methoxy groups -OCH3 is 1. The van der Waals surface area contributed by atoms with Gasteiger partial charge in [-0.1, -0.05) is 12.1 Å². The van der Waals surface area contributed by atoms with Crippen molar-refractivity contribution < 1.29 is 23.8 Å². The number of rotatable bonds is 9. The van der Waals surface area contributed by atoms with E-state index in [0.717, 1.165) is 11.3 Å². The number of hydrogen-bond donors (Lipinski definition) is 1. The molecule has 0 aromatic heterocycles. The van der Waals surface area contributed by atoms with Crippen LogP contribution in [0, 0.1) is 0 Å². The third-order valence-electron chi connectivity index (χ3n) is 3.99. The molecule has 0 aliphatic carbocycles. The number of carbonyl (C=O) groups excluding carboxylic acids is 2. The Balaban J connectivity index is 1.78. The summed E-state index contributed by atoms with van der Waals surface area (Å²) in [6.07, 6.45) is -0.150. The Hall–Kier alpha value is -3.02. The lowest BCUT2D eigenvalue weighted by Crippen LogP contribution is -2.36. The van der Waals surface area contributed by atoms with Crippen LogP contribution in [0.1, 0.15) is 36.7 Å². The highest BCUT2D eigenvalue weighted by Gasteiger charge is 2.18. The first kappa shape index (κ1) is 21.3. The molecule has 0 aliphatic rings. The third-order valence-corrected chi connectivity index (χ3v) is 3.99. The van der Waals surface area contributed by atoms with Gasteiger partial charge in [0, 0.05) is 6.54 Å². The van der Waals surface area contributed by atoms with E-state index in [1.54, 1.807) is 38.3 Å². The van der Waals surface area contributed by atoms with Crippen molar-refractivity contribution in [2.24, 2.45) is 0 Å². The van der Waals surface area contributed by atoms with Crippen molar-refractivity contribution in [1.29, 1.82) is 0 Å². The van der Waals surface area contributed by atoms with Gasteiger partial charge in [-0.2, -0.15) is 0 Å². The first-order valence-corrected chi connectivity index (χ1v) is 9.27. The zero-order chi connectivity index (χ0) is 20.5. The molecule has 0 aliphatic heterocycles. The molecule has 6 heteroatoms. The highest BCUT2D eigenvalue weighted by Crippen LogP contribution is 2.15. The fourth-order valence-corrected chi connectivity index (χ4v) is 2.49. The van der Waals surface area contributed by atoms with E-state index < -0.39 is 12.1 Å². The van der Waals surface area contributed by atoms with E-state index in [9.17, 15) is 9.59 Å². The Kier molecular flexibility index (Phi) is 7.87. The maximum Gasteiger partial charge on any atom is 0.338 e. The lowest BCUT2D eigenvalue weighted by molar-refractivity contribution is -0.129. The van der Waals surface area contributed by atoms with E-state index >= 15 is 0 Å². The van der Waals surface area contributed by atoms with Crippen molar-refractivity contribution >= 4 is 11.9 Å². The minimum absolute atomic E-state index is 0.0550. The summed E-state index contributed by atoms with van der Waals surface area (Å²) in [5.74, 6) is 0.587. The number of nitrogens with one attached hydrogen (secondary N) is 1. The molecule has 2 rings (SSSR count). The zero-order valence-corrected chi connectivity index (χ0v) is 16.7. The van der Waals surface area contributed by atoms with Gasteiger partial charge >= 0.3 is 5.97 Å². The van der Waals surface area contributed by atoms with Gasteiger partial charge in [-0.05, 0) is 69.2 Å². The molecule has 0 saturated carbocycles. The van der Waals surface area contributed by atoms with Crippen molar-refractivity contribution in [3.8, 4) is 11.5 Å². The molecule has 0 spiro atoms. The number of esters is 1. The van der Waals surface area contributed by atoms with Crippen LogP contribution in [0.5, 0.6) is 11.5 Å². The Bertz CT molecular complexity index is 769. The highest BCUT2D eigenvalue weighted by molar-refractivity contribution is 5.92. The molecule has 6 nitrogen and oxygen atoms in total. The van der Waals surface area contributed by atoms with Gasteiger partial charge in [-0.25, -0.2) is 4.79 Å². The molecule has 2 aromatic carbocycles. The second-order valence-corrected chi connectivity index (χ2v) is 6.63. The summed E-state index contributed by atoms with van der Waals surface area (Å²) >= 11 is 0. The molecular weight excluding hydrogens is 358 g/mol. The predicted molar refractivity (Wildman–Crippen MR) is 107 cm³/mol. The van der Waals surface area contributed by atoms with E-state index in [2.05, 4.69) is 5.32 Å². The maximum absolute atomic E-state index is 12.2. The quantitative estimate of drug-likeness (QED) is 0.670. The number of hydrogen-bond acceptors (Lipinski definition) is 5. The average Bonchev–Trinajstić information content (AvgIpc) is 2.68. The van der Waals surface area contributed by atoms with Crippen molar-refractivity contribution in [1.82, 2.24) is 5.32 Å². The lowest BCUT2D eigenvalue weighted by atomic mass is 10.1. The number of benzene rings is 2.